The lowest BCUT2D eigenvalue weighted by atomic mass is 9.81. The first kappa shape index (κ1) is 31.8. The number of aliphatic hydroxyl groups is 2. The number of nitrogens with two attached hydrogens (primary N) is 1. The summed E-state index contributed by atoms with van der Waals surface area (Å²) in [7, 11) is 0. The van der Waals surface area contributed by atoms with E-state index in [1.807, 2.05) is 39.8 Å². The summed E-state index contributed by atoms with van der Waals surface area (Å²) in [6.45, 7) is 13.7. The van der Waals surface area contributed by atoms with Gasteiger partial charge in [0.2, 0.25) is 0 Å². The number of rotatable bonds is 16. The Balaban J connectivity index is 5.71. The van der Waals surface area contributed by atoms with Crippen LogP contribution in [0.25, 0.3) is 0 Å². The fourth-order valence-corrected chi connectivity index (χ4v) is 4.44. The predicted octanol–water partition coefficient (Wildman–Crippen LogP) is 7.36. The Kier molecular flexibility index (Phi) is 16.2. The third-order valence-electron chi connectivity index (χ3n) is 6.32. The molecule has 0 radical (unpaired) electrons. The van der Waals surface area contributed by atoms with Crippen LogP contribution in [0.4, 0.5) is 0 Å². The van der Waals surface area contributed by atoms with Crippen LogP contribution in [0.15, 0.2) is 69.9 Å². The van der Waals surface area contributed by atoms with Crippen molar-refractivity contribution in [2.75, 3.05) is 0 Å². The molecular weight excluding hydrogens is 422 g/mol. The molecule has 192 valence electrons. The average molecular weight is 472 g/mol. The van der Waals surface area contributed by atoms with Gasteiger partial charge in [-0.3, -0.25) is 4.79 Å². The van der Waals surface area contributed by atoms with E-state index in [0.29, 0.717) is 5.57 Å². The molecule has 0 aromatic heterocycles. The second kappa shape index (κ2) is 17.3. The number of hydrogen-bond acceptors (Lipinski definition) is 3. The van der Waals surface area contributed by atoms with Crippen molar-refractivity contribution in [1.29, 1.82) is 0 Å². The van der Waals surface area contributed by atoms with Crippen LogP contribution in [0.3, 0.4) is 0 Å². The predicted molar refractivity (Wildman–Crippen MR) is 146 cm³/mol. The lowest BCUT2D eigenvalue weighted by molar-refractivity contribution is -0.167. The van der Waals surface area contributed by atoms with E-state index < -0.39 is 11.7 Å². The first-order valence-electron chi connectivity index (χ1n) is 12.9. The lowest BCUT2D eigenvalue weighted by Crippen LogP contribution is -2.46. The Bertz CT molecular complexity index is 820. The van der Waals surface area contributed by atoms with E-state index in [2.05, 4.69) is 26.0 Å². The molecule has 0 aliphatic carbocycles. The average Bonchev–Trinajstić information content (AvgIpc) is 2.82. The second-order valence-corrected chi connectivity index (χ2v) is 8.59. The number of unbranched alkanes of at least 4 members (excludes halogenated alkanes) is 7. The smallest absolute Gasteiger partial charge is 0.282 e. The van der Waals surface area contributed by atoms with Crippen molar-refractivity contribution < 1.29 is 15.0 Å². The van der Waals surface area contributed by atoms with Gasteiger partial charge in [-0.1, -0.05) is 88.3 Å². The highest BCUT2D eigenvalue weighted by Gasteiger charge is 2.38. The minimum atomic E-state index is -2.75. The summed E-state index contributed by atoms with van der Waals surface area (Å²) in [5.41, 5.74) is 10.2. The van der Waals surface area contributed by atoms with E-state index in [9.17, 15) is 15.0 Å². The van der Waals surface area contributed by atoms with Crippen molar-refractivity contribution in [2.45, 2.75) is 112 Å². The van der Waals surface area contributed by atoms with Crippen molar-refractivity contribution in [2.24, 2.45) is 5.73 Å². The highest BCUT2D eigenvalue weighted by Crippen LogP contribution is 2.37. The fraction of sp³-hybridized carbons (Fsp3) is 0.567. The Morgan fingerprint density at radius 3 is 1.47 bits per heavy atom. The Hall–Kier alpha value is -2.17. The van der Waals surface area contributed by atoms with Gasteiger partial charge in [0.15, 0.2) is 0 Å². The molecule has 1 amide bonds. The second-order valence-electron chi connectivity index (χ2n) is 8.59. The third kappa shape index (κ3) is 9.23. The molecule has 4 nitrogen and oxygen atoms in total. The number of hydrogen-bond donors (Lipinski definition) is 3. The molecular formula is C30H49NO3. The van der Waals surface area contributed by atoms with E-state index in [1.165, 1.54) is 56.6 Å². The van der Waals surface area contributed by atoms with E-state index in [1.54, 1.807) is 13.0 Å². The van der Waals surface area contributed by atoms with Crippen molar-refractivity contribution in [1.82, 2.24) is 0 Å². The lowest BCUT2D eigenvalue weighted by Gasteiger charge is -2.27. The van der Waals surface area contributed by atoms with Crippen molar-refractivity contribution in [3.05, 3.63) is 69.9 Å². The molecule has 0 aromatic rings. The maximum Gasteiger partial charge on any atom is 0.282 e. The van der Waals surface area contributed by atoms with Crippen LogP contribution >= 0.6 is 0 Å². The molecule has 4 heteroatoms. The first-order valence-corrected chi connectivity index (χ1v) is 12.9. The topological polar surface area (TPSA) is 83.6 Å². The van der Waals surface area contributed by atoms with Gasteiger partial charge in [0.25, 0.3) is 11.7 Å². The number of primary amides is 1. The zero-order chi connectivity index (χ0) is 26.1. The van der Waals surface area contributed by atoms with E-state index in [-0.39, 0.29) is 5.57 Å². The number of amides is 1. The van der Waals surface area contributed by atoms with Gasteiger partial charge in [-0.15, -0.1) is 0 Å². The molecule has 0 bridgehead atoms. The molecule has 0 rings (SSSR count). The van der Waals surface area contributed by atoms with Gasteiger partial charge in [-0.25, -0.2) is 0 Å². The summed E-state index contributed by atoms with van der Waals surface area (Å²) >= 11 is 0. The van der Waals surface area contributed by atoms with Crippen molar-refractivity contribution in [3.63, 3.8) is 0 Å². The van der Waals surface area contributed by atoms with Crippen LogP contribution in [-0.4, -0.2) is 21.9 Å². The summed E-state index contributed by atoms with van der Waals surface area (Å²) in [4.78, 5) is 11.8. The minimum Gasteiger partial charge on any atom is -0.365 e. The molecule has 0 saturated heterocycles. The zero-order valence-electron chi connectivity index (χ0n) is 22.7. The summed E-state index contributed by atoms with van der Waals surface area (Å²) in [5.74, 6) is -3.95. The van der Waals surface area contributed by atoms with Gasteiger partial charge >= 0.3 is 0 Å². The Morgan fingerprint density at radius 2 is 1.09 bits per heavy atom. The quantitative estimate of drug-likeness (QED) is 0.125. The molecule has 0 fully saturated rings. The Morgan fingerprint density at radius 1 is 0.647 bits per heavy atom. The number of carbonyl (C=O) groups excluding carboxylic acids is 1. The van der Waals surface area contributed by atoms with Gasteiger partial charge < -0.3 is 15.9 Å². The maximum absolute atomic E-state index is 11.8. The van der Waals surface area contributed by atoms with Crippen LogP contribution in [0.5, 0.6) is 0 Å². The molecule has 0 aliphatic heterocycles. The monoisotopic (exact) mass is 471 g/mol. The highest BCUT2D eigenvalue weighted by atomic mass is 16.5. The van der Waals surface area contributed by atoms with Crippen LogP contribution in [-0.2, 0) is 4.79 Å². The number of allylic oxidation sites excluding steroid dienone is 10. The standard InChI is InChI=1S/C30H49NO3/c1-8-15-16-17-18-19-20-21-22-23(9-2)24(10-3)25(11-4)26(12-5)27(13-6)28(14-7)30(33,34)29(31)32/h9-14,33-34H,8,15-22H2,1-7H3,(H2,31,32). The Labute approximate surface area is 208 Å². The minimum absolute atomic E-state index is 0.0792. The first-order chi connectivity index (χ1) is 16.2. The summed E-state index contributed by atoms with van der Waals surface area (Å²) in [5, 5.41) is 20.9. The fourth-order valence-electron chi connectivity index (χ4n) is 4.44. The molecule has 0 aromatic carbocycles. The SMILES string of the molecule is CC=C(CCCCCCCCCC)C(=CC)C(=CC)C(=CC)C(=CC)C(=CC)C(O)(O)C(N)=O. The van der Waals surface area contributed by atoms with Crippen molar-refractivity contribution in [3.8, 4) is 0 Å². The maximum atomic E-state index is 11.8. The molecule has 4 N–H and O–H groups in total. The van der Waals surface area contributed by atoms with Crippen LogP contribution < -0.4 is 5.73 Å². The molecule has 0 unspecified atom stereocenters. The molecule has 0 spiro atoms. The molecule has 0 saturated carbocycles. The van der Waals surface area contributed by atoms with E-state index >= 15 is 0 Å². The van der Waals surface area contributed by atoms with E-state index in [4.69, 9.17) is 5.73 Å². The van der Waals surface area contributed by atoms with E-state index in [0.717, 1.165) is 29.6 Å². The molecule has 0 heterocycles. The summed E-state index contributed by atoms with van der Waals surface area (Å²) in [6.07, 6.45) is 22.8. The molecule has 34 heavy (non-hydrogen) atoms. The van der Waals surface area contributed by atoms with Gasteiger partial charge in [0.05, 0.1) is 0 Å². The number of carbonyl (C=O) groups is 1. The van der Waals surface area contributed by atoms with Gasteiger partial charge in [0.1, 0.15) is 0 Å². The molecule has 0 aliphatic rings. The van der Waals surface area contributed by atoms with Crippen LogP contribution in [0.2, 0.25) is 0 Å². The van der Waals surface area contributed by atoms with Gasteiger partial charge in [0, 0.05) is 5.57 Å². The highest BCUT2D eigenvalue weighted by molar-refractivity contribution is 5.87. The van der Waals surface area contributed by atoms with Gasteiger partial charge in [-0.05, 0) is 82.2 Å². The summed E-state index contributed by atoms with van der Waals surface area (Å²) < 4.78 is 0. The van der Waals surface area contributed by atoms with Crippen molar-refractivity contribution >= 4 is 5.91 Å². The zero-order valence-corrected chi connectivity index (χ0v) is 22.7. The van der Waals surface area contributed by atoms with Crippen LogP contribution in [0, 0.1) is 0 Å². The van der Waals surface area contributed by atoms with Crippen LogP contribution in [0.1, 0.15) is 106 Å². The van der Waals surface area contributed by atoms with Gasteiger partial charge in [-0.2, -0.15) is 0 Å². The largest absolute Gasteiger partial charge is 0.365 e. The normalized spacial score (nSPS) is 15.2. The summed E-state index contributed by atoms with van der Waals surface area (Å²) in [6, 6.07) is 0. The third-order valence-corrected chi connectivity index (χ3v) is 6.32. The molecule has 0 atom stereocenters.